The van der Waals surface area contributed by atoms with Gasteiger partial charge in [0, 0.05) is 5.69 Å². The van der Waals surface area contributed by atoms with Gasteiger partial charge in [0.05, 0.1) is 0 Å². The Morgan fingerprint density at radius 1 is 1.38 bits per heavy atom. The molecule has 1 aliphatic rings. The molecule has 2 rings (SSSR count). The maximum absolute atomic E-state index is 11.2. The Morgan fingerprint density at radius 2 is 2.15 bits per heavy atom. The minimum atomic E-state index is -0.868. The molecule has 3 nitrogen and oxygen atoms in total. The van der Waals surface area contributed by atoms with Crippen LogP contribution in [0.4, 0.5) is 5.69 Å². The summed E-state index contributed by atoms with van der Waals surface area (Å²) in [5.41, 5.74) is 1.91. The van der Waals surface area contributed by atoms with Gasteiger partial charge in [0.1, 0.15) is 6.10 Å². The summed E-state index contributed by atoms with van der Waals surface area (Å²) < 4.78 is 0. The number of aryl methyl sites for hydroxylation is 1. The van der Waals surface area contributed by atoms with Gasteiger partial charge in [-0.3, -0.25) is 4.79 Å². The number of para-hydroxylation sites is 1. The SMILES string of the molecule is O=C1Nc2ccccc2CC[C@H]1O. The van der Waals surface area contributed by atoms with E-state index in [9.17, 15) is 9.90 Å². The average molecular weight is 177 g/mol. The fourth-order valence-electron chi connectivity index (χ4n) is 1.50. The number of anilines is 1. The number of hydrogen-bond acceptors (Lipinski definition) is 2. The number of rotatable bonds is 0. The van der Waals surface area contributed by atoms with Gasteiger partial charge in [0.15, 0.2) is 0 Å². The van der Waals surface area contributed by atoms with E-state index in [-0.39, 0.29) is 5.91 Å². The van der Waals surface area contributed by atoms with Gasteiger partial charge >= 0.3 is 0 Å². The molecule has 0 radical (unpaired) electrons. The van der Waals surface area contributed by atoms with E-state index in [4.69, 9.17) is 0 Å². The summed E-state index contributed by atoms with van der Waals surface area (Å²) in [5, 5.41) is 12.0. The number of benzene rings is 1. The van der Waals surface area contributed by atoms with Gasteiger partial charge < -0.3 is 10.4 Å². The lowest BCUT2D eigenvalue weighted by molar-refractivity contribution is -0.124. The standard InChI is InChI=1S/C10H11NO2/c12-9-6-5-7-3-1-2-4-8(7)11-10(9)13/h1-4,9,12H,5-6H2,(H,11,13)/t9-/m1/s1. The fraction of sp³-hybridized carbons (Fsp3) is 0.300. The third kappa shape index (κ3) is 1.55. The van der Waals surface area contributed by atoms with Crippen molar-refractivity contribution in [2.24, 2.45) is 0 Å². The Kier molecular flexibility index (Phi) is 2.02. The van der Waals surface area contributed by atoms with Gasteiger partial charge in [0.2, 0.25) is 0 Å². The lowest BCUT2D eigenvalue weighted by atomic mass is 10.1. The molecular weight excluding hydrogens is 166 g/mol. The van der Waals surface area contributed by atoms with Crippen LogP contribution in [0.2, 0.25) is 0 Å². The van der Waals surface area contributed by atoms with Crippen LogP contribution in [0, 0.1) is 0 Å². The van der Waals surface area contributed by atoms with E-state index in [2.05, 4.69) is 5.32 Å². The van der Waals surface area contributed by atoms with Crippen molar-refractivity contribution in [3.8, 4) is 0 Å². The molecule has 1 aromatic carbocycles. The van der Waals surface area contributed by atoms with E-state index >= 15 is 0 Å². The van der Waals surface area contributed by atoms with Crippen LogP contribution in [-0.4, -0.2) is 17.1 Å². The third-order valence-electron chi connectivity index (χ3n) is 2.26. The molecule has 1 amide bonds. The van der Waals surface area contributed by atoms with Gasteiger partial charge in [-0.1, -0.05) is 18.2 Å². The first kappa shape index (κ1) is 8.26. The molecule has 1 aliphatic heterocycles. The lowest BCUT2D eigenvalue weighted by Crippen LogP contribution is -2.25. The van der Waals surface area contributed by atoms with E-state index < -0.39 is 6.10 Å². The van der Waals surface area contributed by atoms with Gasteiger partial charge in [-0.15, -0.1) is 0 Å². The number of carbonyl (C=O) groups excluding carboxylic acids is 1. The topological polar surface area (TPSA) is 49.3 Å². The summed E-state index contributed by atoms with van der Waals surface area (Å²) in [4.78, 5) is 11.2. The molecule has 0 saturated carbocycles. The Balaban J connectivity index is 2.35. The van der Waals surface area contributed by atoms with Crippen LogP contribution >= 0.6 is 0 Å². The van der Waals surface area contributed by atoms with Crippen LogP contribution in [0.3, 0.4) is 0 Å². The van der Waals surface area contributed by atoms with Crippen molar-refractivity contribution in [1.82, 2.24) is 0 Å². The minimum Gasteiger partial charge on any atom is -0.383 e. The molecule has 0 unspecified atom stereocenters. The number of aliphatic hydroxyl groups is 1. The van der Waals surface area contributed by atoms with Crippen LogP contribution in [0.5, 0.6) is 0 Å². The Bertz CT molecular complexity index is 335. The Morgan fingerprint density at radius 3 is 3.00 bits per heavy atom. The predicted molar refractivity (Wildman–Crippen MR) is 49.4 cm³/mol. The van der Waals surface area contributed by atoms with Gasteiger partial charge in [0.25, 0.3) is 5.91 Å². The molecule has 0 bridgehead atoms. The maximum Gasteiger partial charge on any atom is 0.253 e. The smallest absolute Gasteiger partial charge is 0.253 e. The molecule has 2 N–H and O–H groups in total. The highest BCUT2D eigenvalue weighted by molar-refractivity contribution is 5.95. The molecule has 1 heterocycles. The zero-order chi connectivity index (χ0) is 9.26. The monoisotopic (exact) mass is 177 g/mol. The van der Waals surface area contributed by atoms with E-state index in [1.807, 2.05) is 24.3 Å². The van der Waals surface area contributed by atoms with E-state index in [1.165, 1.54) is 0 Å². The summed E-state index contributed by atoms with van der Waals surface area (Å²) in [7, 11) is 0. The summed E-state index contributed by atoms with van der Waals surface area (Å²) in [6.45, 7) is 0. The zero-order valence-corrected chi connectivity index (χ0v) is 7.16. The molecule has 0 saturated heterocycles. The first-order chi connectivity index (χ1) is 6.27. The largest absolute Gasteiger partial charge is 0.383 e. The highest BCUT2D eigenvalue weighted by Crippen LogP contribution is 2.21. The van der Waals surface area contributed by atoms with Crippen LogP contribution in [0.25, 0.3) is 0 Å². The number of amides is 1. The van der Waals surface area contributed by atoms with E-state index in [1.54, 1.807) is 0 Å². The third-order valence-corrected chi connectivity index (χ3v) is 2.26. The van der Waals surface area contributed by atoms with Crippen molar-refractivity contribution in [2.45, 2.75) is 18.9 Å². The van der Waals surface area contributed by atoms with Crippen LogP contribution < -0.4 is 5.32 Å². The van der Waals surface area contributed by atoms with E-state index in [0.717, 1.165) is 17.7 Å². The normalized spacial score (nSPS) is 21.6. The zero-order valence-electron chi connectivity index (χ0n) is 7.16. The predicted octanol–water partition coefficient (Wildman–Crippen LogP) is 0.932. The molecule has 1 aromatic rings. The number of fused-ring (bicyclic) bond motifs is 1. The van der Waals surface area contributed by atoms with E-state index in [0.29, 0.717) is 6.42 Å². The van der Waals surface area contributed by atoms with Crippen molar-refractivity contribution in [1.29, 1.82) is 0 Å². The van der Waals surface area contributed by atoms with Crippen LogP contribution in [-0.2, 0) is 11.2 Å². The van der Waals surface area contributed by atoms with Crippen LogP contribution in [0.1, 0.15) is 12.0 Å². The molecule has 0 spiro atoms. The summed E-state index contributed by atoms with van der Waals surface area (Å²) >= 11 is 0. The Hall–Kier alpha value is -1.35. The summed E-state index contributed by atoms with van der Waals surface area (Å²) in [6, 6.07) is 7.62. The van der Waals surface area contributed by atoms with Crippen LogP contribution in [0.15, 0.2) is 24.3 Å². The molecule has 13 heavy (non-hydrogen) atoms. The average Bonchev–Trinajstić information content (AvgIpc) is 2.28. The quantitative estimate of drug-likeness (QED) is 0.619. The molecule has 3 heteroatoms. The van der Waals surface area contributed by atoms with Gasteiger partial charge in [-0.25, -0.2) is 0 Å². The second-order valence-electron chi connectivity index (χ2n) is 3.20. The van der Waals surface area contributed by atoms with Crippen molar-refractivity contribution in [3.63, 3.8) is 0 Å². The summed E-state index contributed by atoms with van der Waals surface area (Å²) in [5.74, 6) is -0.301. The lowest BCUT2D eigenvalue weighted by Gasteiger charge is -2.05. The van der Waals surface area contributed by atoms with Gasteiger partial charge in [-0.05, 0) is 24.5 Å². The molecule has 0 aliphatic carbocycles. The number of aliphatic hydroxyl groups excluding tert-OH is 1. The molecular formula is C10H11NO2. The molecule has 0 fully saturated rings. The number of carbonyl (C=O) groups is 1. The maximum atomic E-state index is 11.2. The van der Waals surface area contributed by atoms with Crippen molar-refractivity contribution in [2.75, 3.05) is 5.32 Å². The second-order valence-corrected chi connectivity index (χ2v) is 3.20. The van der Waals surface area contributed by atoms with Gasteiger partial charge in [-0.2, -0.15) is 0 Å². The highest BCUT2D eigenvalue weighted by Gasteiger charge is 2.20. The molecule has 68 valence electrons. The molecule has 1 atom stereocenters. The first-order valence-electron chi connectivity index (χ1n) is 4.34. The minimum absolute atomic E-state index is 0.301. The highest BCUT2D eigenvalue weighted by atomic mass is 16.3. The number of nitrogens with one attached hydrogen (secondary N) is 1. The van der Waals surface area contributed by atoms with Crippen molar-refractivity contribution >= 4 is 11.6 Å². The summed E-state index contributed by atoms with van der Waals surface area (Å²) in [6.07, 6.45) is 0.381. The number of hydrogen-bond donors (Lipinski definition) is 2. The molecule has 0 aromatic heterocycles. The first-order valence-corrected chi connectivity index (χ1v) is 4.34. The van der Waals surface area contributed by atoms with Crippen molar-refractivity contribution in [3.05, 3.63) is 29.8 Å². The van der Waals surface area contributed by atoms with Crippen molar-refractivity contribution < 1.29 is 9.90 Å². The Labute approximate surface area is 76.4 Å². The fourth-order valence-corrected chi connectivity index (χ4v) is 1.50. The second kappa shape index (κ2) is 3.18.